The van der Waals surface area contributed by atoms with Gasteiger partial charge in [0.05, 0.1) is 25.1 Å². The van der Waals surface area contributed by atoms with Gasteiger partial charge in [0.15, 0.2) is 0 Å². The average Bonchev–Trinajstić information content (AvgIpc) is 2.70. The minimum atomic E-state index is -0.935. The monoisotopic (exact) mass is 408 g/mol. The van der Waals surface area contributed by atoms with Crippen LogP contribution < -0.4 is 11.5 Å². The molecule has 0 aromatic heterocycles. The SMILES string of the molecule is Cc1ccc(COC(C)(CC#N)C(N)=NC2C3CC4CC2CC(C(N)=O)(C4)C3)cc1. The predicted molar refractivity (Wildman–Crippen MR) is 115 cm³/mol. The molecule has 4 saturated carbocycles. The van der Waals surface area contributed by atoms with Crippen molar-refractivity contribution in [1.29, 1.82) is 5.26 Å². The van der Waals surface area contributed by atoms with Crippen molar-refractivity contribution in [3.8, 4) is 6.07 Å². The van der Waals surface area contributed by atoms with Crippen LogP contribution in [0.15, 0.2) is 29.3 Å². The summed E-state index contributed by atoms with van der Waals surface area (Å²) >= 11 is 0. The van der Waals surface area contributed by atoms with E-state index in [1.165, 1.54) is 5.56 Å². The molecule has 0 spiro atoms. The average molecular weight is 409 g/mol. The number of aryl methyl sites for hydroxylation is 1. The topological polar surface area (TPSA) is 114 Å². The zero-order valence-electron chi connectivity index (χ0n) is 17.9. The molecule has 30 heavy (non-hydrogen) atoms. The van der Waals surface area contributed by atoms with Crippen molar-refractivity contribution >= 4 is 11.7 Å². The molecule has 0 saturated heterocycles. The summed E-state index contributed by atoms with van der Waals surface area (Å²) in [5, 5.41) is 9.40. The summed E-state index contributed by atoms with van der Waals surface area (Å²) < 4.78 is 6.16. The Morgan fingerprint density at radius 2 is 1.87 bits per heavy atom. The van der Waals surface area contributed by atoms with Gasteiger partial charge in [-0.3, -0.25) is 9.79 Å². The fraction of sp³-hybridized carbons (Fsp3) is 0.625. The van der Waals surface area contributed by atoms with Gasteiger partial charge in [0.25, 0.3) is 0 Å². The van der Waals surface area contributed by atoms with Crippen LogP contribution in [0.2, 0.25) is 0 Å². The molecule has 6 heteroatoms. The van der Waals surface area contributed by atoms with Gasteiger partial charge in [-0.1, -0.05) is 29.8 Å². The first-order valence-corrected chi connectivity index (χ1v) is 10.9. The van der Waals surface area contributed by atoms with Crippen LogP contribution in [0.4, 0.5) is 0 Å². The molecule has 1 amide bonds. The molecule has 0 aliphatic heterocycles. The fourth-order valence-corrected chi connectivity index (χ4v) is 6.10. The minimum absolute atomic E-state index is 0.0926. The summed E-state index contributed by atoms with van der Waals surface area (Å²) in [6.07, 6.45) is 4.89. The number of rotatable bonds is 7. The van der Waals surface area contributed by atoms with Gasteiger partial charge in [0.1, 0.15) is 11.4 Å². The van der Waals surface area contributed by atoms with E-state index in [1.807, 2.05) is 38.1 Å². The highest BCUT2D eigenvalue weighted by Gasteiger charge is 2.58. The number of nitrogens with two attached hydrogens (primary N) is 2. The molecule has 1 aromatic rings. The zero-order chi connectivity index (χ0) is 21.5. The molecule has 4 aliphatic rings. The second-order valence-corrected chi connectivity index (χ2v) is 9.96. The van der Waals surface area contributed by atoms with E-state index < -0.39 is 5.60 Å². The van der Waals surface area contributed by atoms with E-state index in [4.69, 9.17) is 21.2 Å². The molecule has 3 atom stereocenters. The van der Waals surface area contributed by atoms with Crippen LogP contribution in [-0.2, 0) is 16.1 Å². The predicted octanol–water partition coefficient (Wildman–Crippen LogP) is 3.22. The van der Waals surface area contributed by atoms with E-state index in [2.05, 4.69) is 6.07 Å². The highest BCUT2D eigenvalue weighted by atomic mass is 16.5. The lowest BCUT2D eigenvalue weighted by molar-refractivity contribution is -0.144. The van der Waals surface area contributed by atoms with Gasteiger partial charge >= 0.3 is 0 Å². The van der Waals surface area contributed by atoms with Gasteiger partial charge in [-0.05, 0) is 69.3 Å². The van der Waals surface area contributed by atoms with E-state index in [0.717, 1.165) is 37.7 Å². The summed E-state index contributed by atoms with van der Waals surface area (Å²) in [5.74, 6) is 1.50. The number of nitriles is 1. The van der Waals surface area contributed by atoms with Gasteiger partial charge < -0.3 is 16.2 Å². The Labute approximate surface area is 178 Å². The lowest BCUT2D eigenvalue weighted by atomic mass is 9.48. The Hall–Kier alpha value is -2.39. The summed E-state index contributed by atoms with van der Waals surface area (Å²) in [5.41, 5.74) is 13.2. The van der Waals surface area contributed by atoms with Crippen molar-refractivity contribution in [2.24, 2.45) is 39.6 Å². The second-order valence-electron chi connectivity index (χ2n) is 9.96. The normalized spacial score (nSPS) is 34.4. The molecule has 4 aliphatic carbocycles. The number of hydrogen-bond donors (Lipinski definition) is 2. The lowest BCUT2D eigenvalue weighted by Gasteiger charge is -2.57. The quantitative estimate of drug-likeness (QED) is 0.532. The summed E-state index contributed by atoms with van der Waals surface area (Å²) in [6, 6.07) is 10.4. The molecular weight excluding hydrogens is 376 g/mol. The molecule has 4 fully saturated rings. The van der Waals surface area contributed by atoms with Crippen molar-refractivity contribution < 1.29 is 9.53 Å². The fourth-order valence-electron chi connectivity index (χ4n) is 6.10. The number of ether oxygens (including phenoxy) is 1. The van der Waals surface area contributed by atoms with Crippen LogP contribution in [0, 0.1) is 41.4 Å². The molecule has 160 valence electrons. The van der Waals surface area contributed by atoms with Crippen LogP contribution in [0.5, 0.6) is 0 Å². The van der Waals surface area contributed by atoms with Crippen LogP contribution >= 0.6 is 0 Å². The number of primary amides is 1. The number of amides is 1. The number of carbonyl (C=O) groups excluding carboxylic acids is 1. The number of carbonyl (C=O) groups is 1. The van der Waals surface area contributed by atoms with Gasteiger partial charge in [-0.2, -0.15) is 5.26 Å². The maximum Gasteiger partial charge on any atom is 0.223 e. The number of aliphatic imine (C=N–C) groups is 1. The third-order valence-corrected chi connectivity index (χ3v) is 7.67. The highest BCUT2D eigenvalue weighted by Crippen LogP contribution is 2.60. The van der Waals surface area contributed by atoms with Crippen molar-refractivity contribution in [3.63, 3.8) is 0 Å². The Morgan fingerprint density at radius 3 is 2.43 bits per heavy atom. The first kappa shape index (κ1) is 20.9. The molecule has 3 unspecified atom stereocenters. The zero-order valence-corrected chi connectivity index (χ0v) is 17.9. The summed E-state index contributed by atoms with van der Waals surface area (Å²) in [7, 11) is 0. The molecular formula is C24H32N4O2. The van der Waals surface area contributed by atoms with Crippen molar-refractivity contribution in [2.45, 2.75) is 70.6 Å². The molecule has 6 nitrogen and oxygen atoms in total. The number of benzene rings is 1. The lowest BCUT2D eigenvalue weighted by Crippen LogP contribution is -2.58. The van der Waals surface area contributed by atoms with Crippen LogP contribution in [-0.4, -0.2) is 23.4 Å². The Morgan fingerprint density at radius 1 is 1.23 bits per heavy atom. The molecule has 1 aromatic carbocycles. The van der Waals surface area contributed by atoms with Crippen LogP contribution in [0.25, 0.3) is 0 Å². The van der Waals surface area contributed by atoms with E-state index >= 15 is 0 Å². The van der Waals surface area contributed by atoms with Crippen molar-refractivity contribution in [2.75, 3.05) is 0 Å². The Balaban J connectivity index is 1.52. The van der Waals surface area contributed by atoms with Crippen LogP contribution in [0.3, 0.4) is 0 Å². The molecule has 4 bridgehead atoms. The van der Waals surface area contributed by atoms with Gasteiger partial charge in [-0.25, -0.2) is 0 Å². The summed E-state index contributed by atoms with van der Waals surface area (Å²) in [4.78, 5) is 17.1. The third-order valence-electron chi connectivity index (χ3n) is 7.67. The molecule has 5 rings (SSSR count). The maximum absolute atomic E-state index is 12.2. The smallest absolute Gasteiger partial charge is 0.223 e. The third kappa shape index (κ3) is 3.72. The molecule has 4 N–H and O–H groups in total. The second kappa shape index (κ2) is 7.70. The summed E-state index contributed by atoms with van der Waals surface area (Å²) in [6.45, 7) is 4.27. The highest BCUT2D eigenvalue weighted by molar-refractivity contribution is 5.89. The maximum atomic E-state index is 12.2. The van der Waals surface area contributed by atoms with Crippen LogP contribution in [0.1, 0.15) is 56.6 Å². The van der Waals surface area contributed by atoms with Crippen molar-refractivity contribution in [3.05, 3.63) is 35.4 Å². The standard InChI is InChI=1S/C24H32N4O2/c1-15-3-5-16(6-4-15)14-30-23(2,7-8-25)21(26)28-20-18-9-17-10-19(20)13-24(11-17,12-18)22(27)29/h3-6,17-20H,7,9-14H2,1-2H3,(H2,26,28)(H2,27,29). The van der Waals surface area contributed by atoms with E-state index in [1.54, 1.807) is 0 Å². The first-order valence-electron chi connectivity index (χ1n) is 10.9. The van der Waals surface area contributed by atoms with E-state index in [-0.39, 0.29) is 23.8 Å². The van der Waals surface area contributed by atoms with Gasteiger partial charge in [0.2, 0.25) is 5.91 Å². The number of nitrogens with zero attached hydrogens (tertiary/aromatic N) is 2. The van der Waals surface area contributed by atoms with Gasteiger partial charge in [-0.15, -0.1) is 0 Å². The Bertz CT molecular complexity index is 871. The van der Waals surface area contributed by atoms with E-state index in [0.29, 0.717) is 30.2 Å². The Kier molecular flexibility index (Phi) is 5.36. The van der Waals surface area contributed by atoms with Gasteiger partial charge in [0, 0.05) is 5.41 Å². The number of hydrogen-bond acceptors (Lipinski definition) is 4. The number of amidine groups is 1. The minimum Gasteiger partial charge on any atom is -0.385 e. The van der Waals surface area contributed by atoms with Crippen molar-refractivity contribution in [1.82, 2.24) is 0 Å². The van der Waals surface area contributed by atoms with E-state index in [9.17, 15) is 10.1 Å². The largest absolute Gasteiger partial charge is 0.385 e. The molecule has 0 heterocycles. The molecule has 0 radical (unpaired) electrons. The first-order chi connectivity index (χ1) is 14.2.